The minimum Gasteiger partial charge on any atom is -0.481 e. The normalized spacial score (nSPS) is 11.7. The summed E-state index contributed by atoms with van der Waals surface area (Å²) in [6, 6.07) is 44.6. The topological polar surface area (TPSA) is 344 Å². The van der Waals surface area contributed by atoms with Crippen LogP contribution in [-0.4, -0.2) is 175 Å². The maximum Gasteiger partial charge on any atom is 0.345 e. The molecule has 5 aliphatic rings. The molecule has 0 aliphatic carbocycles. The largest absolute Gasteiger partial charge is 0.481 e. The second-order valence-corrected chi connectivity index (χ2v) is 35.6. The summed E-state index contributed by atoms with van der Waals surface area (Å²) in [7, 11) is 4.84. The number of alkyl halides is 2. The van der Waals surface area contributed by atoms with Gasteiger partial charge in [-0.1, -0.05) is 92.5 Å². The molecule has 147 heavy (non-hydrogen) atoms. The van der Waals surface area contributed by atoms with Gasteiger partial charge in [-0.25, -0.2) is 39.3 Å². The van der Waals surface area contributed by atoms with Crippen LogP contribution in [0.2, 0.25) is 15.1 Å². The predicted molar refractivity (Wildman–Crippen MR) is 541 cm³/mol. The third-order valence-electron chi connectivity index (χ3n) is 24.5. The molecule has 25 rings (SSSR count). The summed E-state index contributed by atoms with van der Waals surface area (Å²) in [5.41, 5.74) is 29.8. The number of aromatic nitrogens is 30. The first kappa shape index (κ1) is 95.0. The van der Waals surface area contributed by atoms with Crippen LogP contribution in [0.15, 0.2) is 227 Å². The van der Waals surface area contributed by atoms with E-state index in [9.17, 15) is 8.78 Å². The van der Waals surface area contributed by atoms with Crippen LogP contribution in [-0.2, 0) is 66.5 Å². The average molecular weight is 2010 g/mol. The summed E-state index contributed by atoms with van der Waals surface area (Å²) in [4.78, 5) is 43.9. The quantitative estimate of drug-likeness (QED) is 0.128. The number of rotatable bonds is 8. The number of methoxy groups -OCH3 is 3. The molecule has 0 bridgehead atoms. The van der Waals surface area contributed by atoms with Crippen LogP contribution >= 0.6 is 34.8 Å². The molecule has 5 aromatic carbocycles. The Hall–Kier alpha value is -18.2. The number of benzene rings is 5. The zero-order valence-electron chi connectivity index (χ0n) is 80.0. The van der Waals surface area contributed by atoms with E-state index >= 15 is 0 Å². The Bertz CT molecular complexity index is 8480. The van der Waals surface area contributed by atoms with Gasteiger partial charge >= 0.3 is 6.61 Å². The highest BCUT2D eigenvalue weighted by molar-refractivity contribution is 6.31. The summed E-state index contributed by atoms with van der Waals surface area (Å²) in [5.74, 6) is 36.1. The number of halogens is 5. The van der Waals surface area contributed by atoms with E-state index in [1.807, 2.05) is 159 Å². The van der Waals surface area contributed by atoms with E-state index in [1.165, 1.54) is 5.56 Å². The molecule has 0 spiro atoms. The van der Waals surface area contributed by atoms with Crippen LogP contribution in [0.4, 0.5) is 8.78 Å². The van der Waals surface area contributed by atoms with Gasteiger partial charge in [-0.15, -0.1) is 40.8 Å². The van der Waals surface area contributed by atoms with Crippen LogP contribution in [0.1, 0.15) is 147 Å². The van der Waals surface area contributed by atoms with Crippen LogP contribution in [0.25, 0.3) is 74.0 Å². The van der Waals surface area contributed by atoms with Gasteiger partial charge in [-0.2, -0.15) is 8.78 Å². The average Bonchev–Trinajstić information content (AvgIpc) is 1.62. The van der Waals surface area contributed by atoms with Gasteiger partial charge in [-0.05, 0) is 209 Å². The Morgan fingerprint density at radius 3 is 1.17 bits per heavy atom. The molecule has 0 fully saturated rings. The molecule has 39 heteroatoms. The Morgan fingerprint density at radius 2 is 0.741 bits per heavy atom. The van der Waals surface area contributed by atoms with Gasteiger partial charge in [0.05, 0.1) is 130 Å². The zero-order chi connectivity index (χ0) is 101. The molecular formula is C108H81Cl3F2N30O4. The number of nitrogens with zero attached hydrogens (tertiary/aromatic N) is 30. The molecule has 0 unspecified atom stereocenters. The van der Waals surface area contributed by atoms with Crippen molar-refractivity contribution in [1.82, 2.24) is 147 Å². The molecule has 20 aromatic rings. The number of ether oxygens (including phenoxy) is 4. The van der Waals surface area contributed by atoms with Gasteiger partial charge < -0.3 is 32.6 Å². The lowest BCUT2D eigenvalue weighted by atomic mass is 10.1. The molecule has 0 amide bonds. The molecule has 0 atom stereocenters. The van der Waals surface area contributed by atoms with Gasteiger partial charge in [0.25, 0.3) is 0 Å². The van der Waals surface area contributed by atoms with Crippen molar-refractivity contribution in [2.75, 3.05) is 21.3 Å². The lowest BCUT2D eigenvalue weighted by Gasteiger charge is -2.10. The minimum absolute atomic E-state index is 0.251. The Labute approximate surface area is 854 Å². The molecule has 20 heterocycles. The van der Waals surface area contributed by atoms with Crippen molar-refractivity contribution in [1.29, 1.82) is 0 Å². The number of pyridine rings is 5. The number of hydrogen-bond acceptors (Lipinski definition) is 24. The van der Waals surface area contributed by atoms with E-state index in [0.717, 1.165) is 182 Å². The van der Waals surface area contributed by atoms with Crippen LogP contribution in [0, 0.1) is 101 Å². The molecule has 5 aliphatic heterocycles. The summed E-state index contributed by atoms with van der Waals surface area (Å²) in [6.07, 6.45) is 26.0. The maximum atomic E-state index is 12.7. The fraction of sp³-hybridized carbons (Fsp3) is 0.167. The molecule has 0 saturated heterocycles. The van der Waals surface area contributed by atoms with Gasteiger partial charge in [-0.3, -0.25) is 42.8 Å². The minimum atomic E-state index is -2.92. The summed E-state index contributed by atoms with van der Waals surface area (Å²) >= 11 is 18.7. The van der Waals surface area contributed by atoms with E-state index in [1.54, 1.807) is 113 Å². The summed E-state index contributed by atoms with van der Waals surface area (Å²) in [6.45, 7) is 10.8. The smallest absolute Gasteiger partial charge is 0.345 e. The van der Waals surface area contributed by atoms with Crippen LogP contribution < -0.4 is 4.74 Å². The van der Waals surface area contributed by atoms with Crippen molar-refractivity contribution < 1.29 is 27.7 Å². The fourth-order valence-electron chi connectivity index (χ4n) is 17.4. The van der Waals surface area contributed by atoms with Crippen LogP contribution in [0.3, 0.4) is 0 Å². The summed E-state index contributed by atoms with van der Waals surface area (Å²) < 4.78 is 65.2. The lowest BCUT2D eigenvalue weighted by molar-refractivity contribution is -0.139. The highest BCUT2D eigenvalue weighted by atomic mass is 35.5. The molecular weight excluding hydrogens is 1930 g/mol. The van der Waals surface area contributed by atoms with E-state index in [2.05, 4.69) is 229 Å². The highest BCUT2D eigenvalue weighted by Gasteiger charge is 2.33. The molecule has 0 N–H and O–H groups in total. The van der Waals surface area contributed by atoms with Gasteiger partial charge in [0.15, 0.2) is 34.9 Å². The predicted octanol–water partition coefficient (Wildman–Crippen LogP) is 16.0. The third kappa shape index (κ3) is 19.7. The van der Waals surface area contributed by atoms with E-state index < -0.39 is 13.2 Å². The van der Waals surface area contributed by atoms with Gasteiger partial charge in [0.2, 0.25) is 5.88 Å². The first-order valence-electron chi connectivity index (χ1n) is 45.9. The monoisotopic (exact) mass is 2000 g/mol. The van der Waals surface area contributed by atoms with Crippen molar-refractivity contribution >= 4 is 34.8 Å². The van der Waals surface area contributed by atoms with E-state index in [4.69, 9.17) is 49.0 Å². The first-order chi connectivity index (χ1) is 71.7. The molecule has 722 valence electrons. The number of fused-ring (bicyclic) bond motifs is 25. The first-order valence-corrected chi connectivity index (χ1v) is 47.0. The SMILES string of the molecule is COCc1nnc2n1Cc1c(C#Cc3cccnc3C)ncn1-c1ccc(C)cc1-2.COCc1nnc2n1Cc1c(C#Cc3cccnc3C)ncn1-c1ccc(Cl)cc1-2.COc1ccc(C#Cc2ncn3c2Cn2c(COC(F)F)nnc2-c2cc(Cl)ccc2-3)cn1.Cc1cncc(C#Cc2ncn3c2Cc2cnnn2-c2cc(C)ccc2-3)c1.Cc1cncc(C#Cc2ncn3c2Cc2cnnn2-c2cc(Cl)ccc2-3)c1. The lowest BCUT2D eigenvalue weighted by Crippen LogP contribution is -2.11. The Kier molecular flexibility index (Phi) is 26.8. The molecule has 0 saturated carbocycles. The molecule has 34 nitrogen and oxygen atoms in total. The molecule has 0 radical (unpaired) electrons. The molecule has 15 aromatic heterocycles. The highest BCUT2D eigenvalue weighted by Crippen LogP contribution is 2.40. The second kappa shape index (κ2) is 41.4. The Morgan fingerprint density at radius 1 is 0.347 bits per heavy atom. The van der Waals surface area contributed by atoms with Crippen molar-refractivity contribution in [3.63, 3.8) is 0 Å². The van der Waals surface area contributed by atoms with Crippen molar-refractivity contribution in [2.45, 2.75) is 100 Å². The maximum absolute atomic E-state index is 12.7. The number of imidazole rings is 5. The number of hydrogen-bond donors (Lipinski definition) is 0. The third-order valence-corrected chi connectivity index (χ3v) is 25.2. The van der Waals surface area contributed by atoms with Crippen molar-refractivity contribution in [3.8, 4) is 139 Å². The number of aryl methyl sites for hydroxylation is 6. The van der Waals surface area contributed by atoms with Crippen LogP contribution in [0.5, 0.6) is 5.88 Å². The Balaban J connectivity index is 0.000000108. The van der Waals surface area contributed by atoms with Crippen molar-refractivity contribution in [2.24, 2.45) is 0 Å². The van der Waals surface area contributed by atoms with Crippen molar-refractivity contribution in [3.05, 3.63) is 389 Å². The zero-order valence-corrected chi connectivity index (χ0v) is 82.3. The standard InChI is InChI=1S/C23H20N6O.C22H15ClF2N6O2.C22H17ClN6O.C21H16N6.C20H13ClN6/c1-15-6-9-20-18(11-15)23-27-26-22(13-30-3)28(23)12-21-19(25-14-29(20)21)8-7-17-5-4-10-24-16(17)2;1-32-20-7-3-13(9-26-20)2-5-16-18-10-30-19(11-33-22(24)25)28-29-21(30)15-8-14(23)4-6-17(15)31(18)12-27-16;1-14-15(4-3-9-24-14)5-7-18-20-11-28-21(12-30-2)26-27-22(28)17-10-16(23)6-8-19(17)29(20)13-25-18;1-14-3-6-19-21(8-14)27-17(12-24-25-27)9-20-18(23-13-26(19)20)5-4-16-7-15(2)10-22-11-16;1-13-6-14(10-22-9-13)2-4-17-19-8-16-11-24-25-27(16)20-7-15(21)3-5-18(20)26(19)12-23-17/h4-6,9-11,14H,12-13H2,1-3H3;3-4,6-9,12,22H,10-11H2,1H3;3-4,6,8-10,13H,11-12H2,1-2H3;3,6-8,10-13H,9H2,1-2H3;3,5-7,9-12H,8H2,1H3. The second-order valence-electron chi connectivity index (χ2n) is 34.3. The van der Waals surface area contributed by atoms with E-state index in [0.29, 0.717) is 88.4 Å². The van der Waals surface area contributed by atoms with Gasteiger partial charge in [0.1, 0.15) is 79.9 Å². The van der Waals surface area contributed by atoms with E-state index in [-0.39, 0.29) is 12.4 Å². The fourth-order valence-corrected chi connectivity index (χ4v) is 17.9. The summed E-state index contributed by atoms with van der Waals surface area (Å²) in [5, 5.41) is 44.3. The van der Waals surface area contributed by atoms with Gasteiger partial charge in [0, 0.05) is 136 Å².